The van der Waals surface area contributed by atoms with Crippen LogP contribution in [0.2, 0.25) is 0 Å². The van der Waals surface area contributed by atoms with Crippen molar-refractivity contribution in [2.75, 3.05) is 13.1 Å². The molecular formula is C27H31N5O3. The van der Waals surface area contributed by atoms with Crippen molar-refractivity contribution in [2.45, 2.75) is 56.9 Å². The molecule has 3 atom stereocenters. The van der Waals surface area contributed by atoms with E-state index in [1.807, 2.05) is 35.2 Å². The lowest BCUT2D eigenvalue weighted by molar-refractivity contribution is -0.126. The van der Waals surface area contributed by atoms with Gasteiger partial charge in [0, 0.05) is 43.9 Å². The Bertz CT molecular complexity index is 1130. The lowest BCUT2D eigenvalue weighted by Gasteiger charge is -2.32. The molecule has 0 spiro atoms. The first-order chi connectivity index (χ1) is 17.2. The lowest BCUT2D eigenvalue weighted by Crippen LogP contribution is -2.47. The zero-order valence-corrected chi connectivity index (χ0v) is 19.8. The number of nitrogens with one attached hydrogen (secondary N) is 1. The number of hydrogen-bond donors (Lipinski definition) is 1. The Balaban J connectivity index is 1.39. The van der Waals surface area contributed by atoms with E-state index in [9.17, 15) is 9.59 Å². The van der Waals surface area contributed by atoms with E-state index in [-0.39, 0.29) is 29.7 Å². The van der Waals surface area contributed by atoms with Gasteiger partial charge in [-0.3, -0.25) is 14.6 Å². The smallest absolute Gasteiger partial charge is 0.255 e. The van der Waals surface area contributed by atoms with Gasteiger partial charge in [0.05, 0.1) is 11.5 Å². The van der Waals surface area contributed by atoms with Crippen LogP contribution in [0.1, 0.15) is 72.1 Å². The molecule has 0 radical (unpaired) electrons. The molecule has 3 unspecified atom stereocenters. The summed E-state index contributed by atoms with van der Waals surface area (Å²) in [5, 5.41) is 7.30. The fraction of sp³-hybridized carbons (Fsp3) is 0.444. The van der Waals surface area contributed by atoms with Crippen LogP contribution in [0, 0.1) is 5.92 Å². The van der Waals surface area contributed by atoms with Gasteiger partial charge < -0.3 is 14.7 Å². The van der Waals surface area contributed by atoms with Crippen LogP contribution in [-0.4, -0.2) is 51.0 Å². The molecule has 8 heteroatoms. The number of carbonyl (C=O) groups excluding carboxylic acids is 2. The summed E-state index contributed by atoms with van der Waals surface area (Å²) >= 11 is 0. The predicted octanol–water partition coefficient (Wildman–Crippen LogP) is 3.75. The van der Waals surface area contributed by atoms with E-state index in [1.165, 1.54) is 0 Å². The molecule has 1 saturated heterocycles. The number of amides is 2. The molecule has 1 aliphatic carbocycles. The van der Waals surface area contributed by atoms with Crippen molar-refractivity contribution in [3.05, 3.63) is 77.7 Å². The maximum atomic E-state index is 13.6. The summed E-state index contributed by atoms with van der Waals surface area (Å²) in [6, 6.07) is 13.4. The number of rotatable bonds is 4. The van der Waals surface area contributed by atoms with Gasteiger partial charge in [-0.15, -0.1) is 0 Å². The fourth-order valence-electron chi connectivity index (χ4n) is 5.30. The van der Waals surface area contributed by atoms with Gasteiger partial charge in [-0.1, -0.05) is 48.3 Å². The van der Waals surface area contributed by atoms with Crippen LogP contribution in [-0.2, 0) is 11.2 Å². The fourth-order valence-corrected chi connectivity index (χ4v) is 5.30. The van der Waals surface area contributed by atoms with Gasteiger partial charge in [0.25, 0.3) is 5.91 Å². The molecule has 2 amide bonds. The third-order valence-corrected chi connectivity index (χ3v) is 7.10. The van der Waals surface area contributed by atoms with Gasteiger partial charge in [0.1, 0.15) is 0 Å². The van der Waals surface area contributed by atoms with Crippen LogP contribution in [0.5, 0.6) is 0 Å². The van der Waals surface area contributed by atoms with Crippen molar-refractivity contribution in [3.63, 3.8) is 0 Å². The van der Waals surface area contributed by atoms with E-state index in [2.05, 4.69) is 20.4 Å². The van der Waals surface area contributed by atoms with Gasteiger partial charge in [-0.25, -0.2) is 0 Å². The molecule has 3 aromatic rings. The van der Waals surface area contributed by atoms with Crippen molar-refractivity contribution in [3.8, 4) is 0 Å². The molecule has 5 rings (SSSR count). The Morgan fingerprint density at radius 2 is 1.91 bits per heavy atom. The molecule has 3 heterocycles. The Morgan fingerprint density at radius 3 is 2.74 bits per heavy atom. The Kier molecular flexibility index (Phi) is 7.16. The number of fused-ring (bicyclic) bond motifs is 1. The second kappa shape index (κ2) is 10.8. The van der Waals surface area contributed by atoms with Gasteiger partial charge in [-0.2, -0.15) is 4.98 Å². The van der Waals surface area contributed by atoms with E-state index < -0.39 is 0 Å². The summed E-state index contributed by atoms with van der Waals surface area (Å²) in [7, 11) is 0. The molecule has 2 aromatic heterocycles. The first-order valence-electron chi connectivity index (χ1n) is 12.5. The molecule has 8 nitrogen and oxygen atoms in total. The minimum Gasteiger partial charge on any atom is -0.356 e. The highest BCUT2D eigenvalue weighted by Gasteiger charge is 2.45. The summed E-state index contributed by atoms with van der Waals surface area (Å²) in [6.07, 6.45) is 9.00. The summed E-state index contributed by atoms with van der Waals surface area (Å²) in [4.78, 5) is 37.5. The Labute approximate surface area is 205 Å². The highest BCUT2D eigenvalue weighted by molar-refractivity contribution is 5.94. The quantitative estimate of drug-likeness (QED) is 0.619. The molecule has 0 bridgehead atoms. The van der Waals surface area contributed by atoms with Crippen LogP contribution in [0.15, 0.2) is 59.4 Å². The molecule has 1 aliphatic heterocycles. The minimum atomic E-state index is -0.316. The Hall–Kier alpha value is -3.55. The standard InChI is InChI=1S/C27H31N5O3/c33-25-22-16-21(26-30-24(31-35-26)15-19-9-4-3-5-10-19)17-23(22)32(14-7-2-1-6-13-29-25)27(34)20-11-8-12-28-18-20/h3-5,8-12,18,21-23H,1-2,6-7,13-17H2,(H,29,33). The molecule has 1 N–H and O–H groups in total. The highest BCUT2D eigenvalue weighted by Crippen LogP contribution is 2.41. The SMILES string of the molecule is O=C1NCCCCCCN(C(=O)c2cccnc2)C2CC(c3nc(Cc4ccccc4)no3)CC12. The maximum absolute atomic E-state index is 13.6. The first kappa shape index (κ1) is 23.2. The second-order valence-corrected chi connectivity index (χ2v) is 9.50. The molecular weight excluding hydrogens is 442 g/mol. The molecule has 182 valence electrons. The summed E-state index contributed by atoms with van der Waals surface area (Å²) < 4.78 is 5.67. The number of benzene rings is 1. The predicted molar refractivity (Wildman–Crippen MR) is 130 cm³/mol. The zero-order chi connectivity index (χ0) is 24.0. The lowest BCUT2D eigenvalue weighted by atomic mass is 9.99. The Morgan fingerprint density at radius 1 is 1.06 bits per heavy atom. The molecule has 2 aliphatic rings. The van der Waals surface area contributed by atoms with Crippen LogP contribution < -0.4 is 5.32 Å². The maximum Gasteiger partial charge on any atom is 0.255 e. The molecule has 35 heavy (non-hydrogen) atoms. The molecule has 1 aromatic carbocycles. The number of pyridine rings is 1. The van der Waals surface area contributed by atoms with Crippen molar-refractivity contribution >= 4 is 11.8 Å². The van der Waals surface area contributed by atoms with E-state index >= 15 is 0 Å². The molecule has 2 fully saturated rings. The van der Waals surface area contributed by atoms with Gasteiger partial charge in [0.15, 0.2) is 5.82 Å². The zero-order valence-electron chi connectivity index (χ0n) is 19.8. The van der Waals surface area contributed by atoms with Gasteiger partial charge >= 0.3 is 0 Å². The van der Waals surface area contributed by atoms with Gasteiger partial charge in [-0.05, 0) is 43.4 Å². The van der Waals surface area contributed by atoms with Crippen LogP contribution in [0.3, 0.4) is 0 Å². The van der Waals surface area contributed by atoms with Crippen molar-refractivity contribution < 1.29 is 14.1 Å². The van der Waals surface area contributed by atoms with E-state index in [4.69, 9.17) is 4.52 Å². The number of carbonyl (C=O) groups is 2. The highest BCUT2D eigenvalue weighted by atomic mass is 16.5. The number of nitrogens with zero attached hydrogens (tertiary/aromatic N) is 4. The van der Waals surface area contributed by atoms with Crippen LogP contribution in [0.25, 0.3) is 0 Å². The largest absolute Gasteiger partial charge is 0.356 e. The van der Waals surface area contributed by atoms with E-state index in [0.29, 0.717) is 49.6 Å². The average molecular weight is 474 g/mol. The topological polar surface area (TPSA) is 101 Å². The molecule has 1 saturated carbocycles. The summed E-state index contributed by atoms with van der Waals surface area (Å²) in [5.41, 5.74) is 1.66. The van der Waals surface area contributed by atoms with Crippen LogP contribution >= 0.6 is 0 Å². The summed E-state index contributed by atoms with van der Waals surface area (Å²) in [5.74, 6) is 0.733. The number of hydrogen-bond acceptors (Lipinski definition) is 6. The number of aromatic nitrogens is 3. The van der Waals surface area contributed by atoms with Gasteiger partial charge in [0.2, 0.25) is 11.8 Å². The third-order valence-electron chi connectivity index (χ3n) is 7.10. The summed E-state index contributed by atoms with van der Waals surface area (Å²) in [6.45, 7) is 1.29. The van der Waals surface area contributed by atoms with Crippen LogP contribution in [0.4, 0.5) is 0 Å². The first-order valence-corrected chi connectivity index (χ1v) is 12.5. The average Bonchev–Trinajstić information content (AvgIpc) is 3.53. The monoisotopic (exact) mass is 473 g/mol. The van der Waals surface area contributed by atoms with Crippen molar-refractivity contribution in [1.82, 2.24) is 25.3 Å². The minimum absolute atomic E-state index is 0.00686. The second-order valence-electron chi connectivity index (χ2n) is 9.50. The van der Waals surface area contributed by atoms with E-state index in [0.717, 1.165) is 31.2 Å². The van der Waals surface area contributed by atoms with Crippen molar-refractivity contribution in [2.24, 2.45) is 5.92 Å². The third kappa shape index (κ3) is 5.42. The van der Waals surface area contributed by atoms with E-state index in [1.54, 1.807) is 24.5 Å². The van der Waals surface area contributed by atoms with Crippen molar-refractivity contribution in [1.29, 1.82) is 0 Å². The normalized spacial score (nSPS) is 23.3.